The molecule has 0 N–H and O–H groups in total. The first kappa shape index (κ1) is 9.32. The van der Waals surface area contributed by atoms with Crippen molar-refractivity contribution >= 4 is 0 Å². The van der Waals surface area contributed by atoms with Crippen LogP contribution >= 0.6 is 0 Å². The molecule has 1 saturated heterocycles. The molecule has 0 saturated carbocycles. The van der Waals surface area contributed by atoms with Crippen molar-refractivity contribution in [3.63, 3.8) is 0 Å². The van der Waals surface area contributed by atoms with Crippen molar-refractivity contribution < 1.29 is 14.4 Å². The van der Waals surface area contributed by atoms with Crippen LogP contribution in [0.1, 0.15) is 0 Å². The third-order valence-electron chi connectivity index (χ3n) is 0.744. The predicted molar refractivity (Wildman–Crippen MR) is 34.6 cm³/mol. The molecule has 0 aliphatic carbocycles. The first-order valence-corrected chi connectivity index (χ1v) is 2.97. The highest BCUT2D eigenvalue weighted by Gasteiger charge is 1.94. The maximum atomic E-state index is 8.81. The molecule has 0 aromatic rings. The van der Waals surface area contributed by atoms with E-state index in [0.29, 0.717) is 0 Å². The van der Waals surface area contributed by atoms with Gasteiger partial charge in [0.05, 0.1) is 26.4 Å². The van der Waals surface area contributed by atoms with Gasteiger partial charge in [0.25, 0.3) is 0 Å². The van der Waals surface area contributed by atoms with Crippen LogP contribution in [0.4, 0.5) is 0 Å². The molecule has 1 fully saturated rings. The highest BCUT2D eigenvalue weighted by Crippen LogP contribution is 1.85. The predicted octanol–water partition coefficient (Wildman–Crippen LogP) is -0.0739. The van der Waals surface area contributed by atoms with Crippen LogP contribution in [0.2, 0.25) is 0 Å². The minimum absolute atomic E-state index is 0.500. The van der Waals surface area contributed by atoms with E-state index in [4.69, 9.17) is 19.6 Å². The monoisotopic (exact) mass is 149 g/mol. The molecule has 60 valence electrons. The van der Waals surface area contributed by atoms with Gasteiger partial charge in [0.2, 0.25) is 0 Å². The van der Waals surface area contributed by atoms with E-state index in [1.807, 2.05) is 0 Å². The van der Waals surface area contributed by atoms with Crippen LogP contribution in [0.5, 0.6) is 0 Å². The Morgan fingerprint density at radius 1 is 1.20 bits per heavy atom. The lowest BCUT2D eigenvalue weighted by Crippen LogP contribution is -2.16. The molecule has 5 nitrogen and oxygen atoms in total. The molecule has 1 aliphatic heterocycles. The molecule has 0 bridgehead atoms. The van der Waals surface area contributed by atoms with Crippen LogP contribution in [0.15, 0.2) is 0 Å². The van der Waals surface area contributed by atoms with Crippen molar-refractivity contribution in [3.8, 4) is 0 Å². The van der Waals surface area contributed by atoms with E-state index < -0.39 is 4.92 Å². The first-order valence-electron chi connectivity index (χ1n) is 2.97. The summed E-state index contributed by atoms with van der Waals surface area (Å²) >= 11 is 0. The van der Waals surface area contributed by atoms with Crippen LogP contribution in [-0.4, -0.2) is 38.4 Å². The number of nitrogens with zero attached hydrogens (tertiary/aromatic N) is 1. The van der Waals surface area contributed by atoms with E-state index in [9.17, 15) is 0 Å². The Morgan fingerprint density at radius 2 is 1.40 bits per heavy atom. The summed E-state index contributed by atoms with van der Waals surface area (Å²) in [5, 5.41) is 8.81. The molecular weight excluding hydrogens is 138 g/mol. The van der Waals surface area contributed by atoms with Gasteiger partial charge in [-0.2, -0.15) is 0 Å². The zero-order chi connectivity index (χ0) is 7.82. The molecule has 10 heavy (non-hydrogen) atoms. The molecule has 0 amide bonds. The van der Waals surface area contributed by atoms with Gasteiger partial charge in [-0.15, -0.1) is 0 Å². The summed E-state index contributed by atoms with van der Waals surface area (Å²) in [5.41, 5.74) is 0. The zero-order valence-corrected chi connectivity index (χ0v) is 5.91. The van der Waals surface area contributed by atoms with Crippen LogP contribution in [0.25, 0.3) is 0 Å². The minimum atomic E-state index is -0.500. The van der Waals surface area contributed by atoms with Gasteiger partial charge >= 0.3 is 0 Å². The van der Waals surface area contributed by atoms with Crippen molar-refractivity contribution in [1.29, 1.82) is 0 Å². The Hall–Kier alpha value is -0.680. The second kappa shape index (κ2) is 6.44. The summed E-state index contributed by atoms with van der Waals surface area (Å²) in [7, 11) is 0.889. The Kier molecular flexibility index (Phi) is 6.00. The highest BCUT2D eigenvalue weighted by molar-refractivity contribution is 4.37. The number of hydrogen-bond donors (Lipinski definition) is 0. The maximum Gasteiger partial charge on any atom is 0.194 e. The van der Waals surface area contributed by atoms with E-state index in [0.717, 1.165) is 33.5 Å². The van der Waals surface area contributed by atoms with E-state index >= 15 is 0 Å². The smallest absolute Gasteiger partial charge is 0.194 e. The maximum absolute atomic E-state index is 8.81. The van der Waals surface area contributed by atoms with E-state index in [-0.39, 0.29) is 0 Å². The Bertz CT molecular complexity index is 76.1. The minimum Gasteiger partial charge on any atom is -0.377 e. The molecule has 0 unspecified atom stereocenters. The normalized spacial score (nSPS) is 16.9. The number of rotatable bonds is 0. The van der Waals surface area contributed by atoms with E-state index in [1.165, 1.54) is 0 Å². The number of hydrogen-bond acceptors (Lipinski definition) is 4. The summed E-state index contributed by atoms with van der Waals surface area (Å²) in [5.74, 6) is 0. The van der Waals surface area contributed by atoms with Crippen molar-refractivity contribution in [1.82, 2.24) is 0 Å². The lowest BCUT2D eigenvalue weighted by atomic mass is 10.6. The molecule has 0 aromatic heterocycles. The summed E-state index contributed by atoms with van der Waals surface area (Å²) in [6, 6.07) is 0. The SMILES string of the molecule is C1COCCO1.C[N+](=O)[O-]. The summed E-state index contributed by atoms with van der Waals surface area (Å²) in [4.78, 5) is 8.31. The molecule has 1 heterocycles. The van der Waals surface area contributed by atoms with Gasteiger partial charge in [-0.3, -0.25) is 10.1 Å². The lowest BCUT2D eigenvalue weighted by molar-refractivity contribution is -0.445. The summed E-state index contributed by atoms with van der Waals surface area (Å²) in [6.07, 6.45) is 0. The quantitative estimate of drug-likeness (QED) is 0.357. The third kappa shape index (κ3) is 10.3. The van der Waals surface area contributed by atoms with Gasteiger partial charge in [-0.05, 0) is 0 Å². The van der Waals surface area contributed by atoms with Crippen molar-refractivity contribution in [2.24, 2.45) is 0 Å². The van der Waals surface area contributed by atoms with Crippen LogP contribution in [0.3, 0.4) is 0 Å². The zero-order valence-electron chi connectivity index (χ0n) is 5.91. The molecule has 5 heteroatoms. The van der Waals surface area contributed by atoms with Gasteiger partial charge < -0.3 is 9.47 Å². The van der Waals surface area contributed by atoms with E-state index in [2.05, 4.69) is 0 Å². The molecule has 1 rings (SSSR count). The first-order chi connectivity index (χ1) is 4.73. The van der Waals surface area contributed by atoms with Crippen molar-refractivity contribution in [3.05, 3.63) is 10.1 Å². The fraction of sp³-hybridized carbons (Fsp3) is 1.00. The Balaban J connectivity index is 0.000000180. The van der Waals surface area contributed by atoms with Gasteiger partial charge in [0, 0.05) is 4.92 Å². The molecule has 0 spiro atoms. The molecule has 1 aliphatic rings. The second-order valence-electron chi connectivity index (χ2n) is 1.66. The van der Waals surface area contributed by atoms with Crippen LogP contribution < -0.4 is 0 Å². The standard InChI is InChI=1S/C4H8O2.CH3NO2/c1-2-6-4-3-5-1;1-2(3)4/h1-4H2;1H3. The average molecular weight is 149 g/mol. The largest absolute Gasteiger partial charge is 0.377 e. The van der Waals surface area contributed by atoms with Crippen LogP contribution in [-0.2, 0) is 9.47 Å². The van der Waals surface area contributed by atoms with Gasteiger partial charge in [0.1, 0.15) is 0 Å². The van der Waals surface area contributed by atoms with E-state index in [1.54, 1.807) is 0 Å². The van der Waals surface area contributed by atoms with Crippen LogP contribution in [0, 0.1) is 10.1 Å². The van der Waals surface area contributed by atoms with Crippen molar-refractivity contribution in [2.75, 3.05) is 33.5 Å². The highest BCUT2D eigenvalue weighted by atomic mass is 16.6. The third-order valence-corrected chi connectivity index (χ3v) is 0.744. The lowest BCUT2D eigenvalue weighted by Gasteiger charge is -2.09. The van der Waals surface area contributed by atoms with Gasteiger partial charge in [-0.25, -0.2) is 0 Å². The summed E-state index contributed by atoms with van der Waals surface area (Å²) < 4.78 is 9.89. The molecule has 0 atom stereocenters. The molecule has 0 radical (unpaired) electrons. The fourth-order valence-electron chi connectivity index (χ4n) is 0.440. The number of nitro groups is 1. The Morgan fingerprint density at radius 3 is 1.50 bits per heavy atom. The van der Waals surface area contributed by atoms with Gasteiger partial charge in [0.15, 0.2) is 7.05 Å². The fourth-order valence-corrected chi connectivity index (χ4v) is 0.440. The van der Waals surface area contributed by atoms with Gasteiger partial charge in [-0.1, -0.05) is 0 Å². The average Bonchev–Trinajstić information content (AvgIpc) is 1.90. The number of ether oxygens (including phenoxy) is 2. The topological polar surface area (TPSA) is 61.6 Å². The Labute approximate surface area is 59.1 Å². The molecular formula is C5H11NO4. The molecule has 0 aromatic carbocycles. The summed E-state index contributed by atoms with van der Waals surface area (Å²) in [6.45, 7) is 3.11. The van der Waals surface area contributed by atoms with Crippen molar-refractivity contribution in [2.45, 2.75) is 0 Å². The second-order valence-corrected chi connectivity index (χ2v) is 1.66.